The number of hydrogen-bond donors (Lipinski definition) is 2. The summed E-state index contributed by atoms with van der Waals surface area (Å²) >= 11 is 0.935. The lowest BCUT2D eigenvalue weighted by atomic mass is 10.2. The summed E-state index contributed by atoms with van der Waals surface area (Å²) in [6.07, 6.45) is 0. The van der Waals surface area contributed by atoms with E-state index in [2.05, 4.69) is 0 Å². The summed E-state index contributed by atoms with van der Waals surface area (Å²) in [7, 11) is 1.47. The molecule has 0 aliphatic heterocycles. The van der Waals surface area contributed by atoms with Crippen LogP contribution < -0.4 is 5.73 Å². The lowest BCUT2D eigenvalue weighted by molar-refractivity contribution is -0.387. The molecule has 0 spiro atoms. The lowest BCUT2D eigenvalue weighted by Gasteiger charge is -2.19. The molecule has 0 aromatic heterocycles. The number of rotatable bonds is 8. The number of hydrogen-bond acceptors (Lipinski definition) is 6. The van der Waals surface area contributed by atoms with Gasteiger partial charge in [-0.05, 0) is 12.1 Å². The van der Waals surface area contributed by atoms with Crippen molar-refractivity contribution in [3.05, 3.63) is 33.9 Å². The zero-order valence-electron chi connectivity index (χ0n) is 13.1. The van der Waals surface area contributed by atoms with Gasteiger partial charge in [-0.1, -0.05) is 6.92 Å². The van der Waals surface area contributed by atoms with Gasteiger partial charge in [0.25, 0.3) is 5.69 Å². The van der Waals surface area contributed by atoms with Gasteiger partial charge in [-0.15, -0.1) is 11.8 Å². The molecule has 0 saturated carbocycles. The van der Waals surface area contributed by atoms with Crippen molar-refractivity contribution < 1.29 is 24.4 Å². The van der Waals surface area contributed by atoms with E-state index in [-0.39, 0.29) is 34.4 Å². The van der Waals surface area contributed by atoms with Gasteiger partial charge in [0.2, 0.25) is 11.8 Å². The lowest BCUT2D eigenvalue weighted by Crippen LogP contribution is -2.34. The Bertz CT molecular complexity index is 678. The Balaban J connectivity index is 2.79. The van der Waals surface area contributed by atoms with Crippen LogP contribution >= 0.6 is 11.8 Å². The standard InChI is InChI=1S/C14H17N3O6S/c1-8(14(20)21)6-16(2)12(18)7-24-11-4-3-9(13(15)19)5-10(11)17(22)23/h3-5,8H,6-7H2,1-2H3,(H2,15,19)(H,20,21). The van der Waals surface area contributed by atoms with E-state index < -0.39 is 22.7 Å². The molecule has 1 atom stereocenters. The number of benzene rings is 1. The molecule has 0 aliphatic rings. The van der Waals surface area contributed by atoms with E-state index in [0.717, 1.165) is 17.8 Å². The van der Waals surface area contributed by atoms with Crippen LogP contribution in [0, 0.1) is 16.0 Å². The number of amides is 2. The highest BCUT2D eigenvalue weighted by Crippen LogP contribution is 2.30. The van der Waals surface area contributed by atoms with E-state index in [1.54, 1.807) is 0 Å². The molecule has 1 rings (SSSR count). The summed E-state index contributed by atoms with van der Waals surface area (Å²) in [6, 6.07) is 3.76. The van der Waals surface area contributed by atoms with E-state index in [0.29, 0.717) is 0 Å². The Labute approximate surface area is 142 Å². The fraction of sp³-hybridized carbons (Fsp3) is 0.357. The van der Waals surface area contributed by atoms with Crippen molar-refractivity contribution in [3.8, 4) is 0 Å². The van der Waals surface area contributed by atoms with Crippen molar-refractivity contribution in [1.29, 1.82) is 0 Å². The minimum Gasteiger partial charge on any atom is -0.481 e. The van der Waals surface area contributed by atoms with Crippen molar-refractivity contribution in [2.75, 3.05) is 19.3 Å². The van der Waals surface area contributed by atoms with Crippen LogP contribution in [0.2, 0.25) is 0 Å². The number of nitrogens with zero attached hydrogens (tertiary/aromatic N) is 2. The molecule has 1 aromatic rings. The Kier molecular flexibility index (Phi) is 6.71. The first-order valence-corrected chi connectivity index (χ1v) is 7.79. The monoisotopic (exact) mass is 355 g/mol. The van der Waals surface area contributed by atoms with Crippen molar-refractivity contribution in [1.82, 2.24) is 4.90 Å². The first-order valence-electron chi connectivity index (χ1n) is 6.81. The number of carboxylic acids is 1. The molecular weight excluding hydrogens is 338 g/mol. The molecule has 1 unspecified atom stereocenters. The minimum atomic E-state index is -1.01. The van der Waals surface area contributed by atoms with Gasteiger partial charge in [-0.2, -0.15) is 0 Å². The van der Waals surface area contributed by atoms with Crippen molar-refractivity contribution >= 4 is 35.2 Å². The van der Waals surface area contributed by atoms with Crippen LogP contribution in [0.3, 0.4) is 0 Å². The zero-order chi connectivity index (χ0) is 18.4. The highest BCUT2D eigenvalue weighted by Gasteiger charge is 2.20. The van der Waals surface area contributed by atoms with E-state index in [9.17, 15) is 24.5 Å². The second-order valence-electron chi connectivity index (χ2n) is 5.11. The van der Waals surface area contributed by atoms with Crippen LogP contribution in [0.25, 0.3) is 0 Å². The van der Waals surface area contributed by atoms with Crippen molar-refractivity contribution in [3.63, 3.8) is 0 Å². The average Bonchev–Trinajstić information content (AvgIpc) is 2.51. The maximum atomic E-state index is 12.0. The van der Waals surface area contributed by atoms with Gasteiger partial charge in [-0.25, -0.2) is 0 Å². The highest BCUT2D eigenvalue weighted by molar-refractivity contribution is 8.00. The number of carbonyl (C=O) groups is 3. The molecule has 0 radical (unpaired) electrons. The Morgan fingerprint density at radius 3 is 2.54 bits per heavy atom. The third kappa shape index (κ3) is 5.23. The second kappa shape index (κ2) is 8.29. The Hall–Kier alpha value is -2.62. The summed E-state index contributed by atoms with van der Waals surface area (Å²) in [5.41, 5.74) is 4.78. The maximum Gasteiger partial charge on any atom is 0.308 e. The first kappa shape index (κ1) is 19.4. The number of carboxylic acid groups (broad SMARTS) is 1. The fourth-order valence-electron chi connectivity index (χ4n) is 1.78. The number of carbonyl (C=O) groups excluding carboxylic acids is 2. The molecule has 1 aromatic carbocycles. The van der Waals surface area contributed by atoms with E-state index >= 15 is 0 Å². The number of nitrogens with two attached hydrogens (primary N) is 1. The van der Waals surface area contributed by atoms with Gasteiger partial charge in [0, 0.05) is 25.2 Å². The van der Waals surface area contributed by atoms with E-state index in [1.807, 2.05) is 0 Å². The fourth-order valence-corrected chi connectivity index (χ4v) is 2.72. The molecule has 10 heteroatoms. The summed E-state index contributed by atoms with van der Waals surface area (Å²) in [5.74, 6) is -2.97. The van der Waals surface area contributed by atoms with Gasteiger partial charge in [0.05, 0.1) is 21.5 Å². The molecule has 0 saturated heterocycles. The molecule has 24 heavy (non-hydrogen) atoms. The summed E-state index contributed by atoms with van der Waals surface area (Å²) in [5, 5.41) is 19.9. The molecule has 0 heterocycles. The molecule has 130 valence electrons. The number of nitro benzene ring substituents is 1. The minimum absolute atomic E-state index is 0.00442. The van der Waals surface area contributed by atoms with Gasteiger partial charge >= 0.3 is 5.97 Å². The molecule has 3 N–H and O–H groups in total. The normalized spacial score (nSPS) is 11.6. The topological polar surface area (TPSA) is 144 Å². The SMILES string of the molecule is CC(CN(C)C(=O)CSc1ccc(C(N)=O)cc1[N+](=O)[O-])C(=O)O. The summed E-state index contributed by atoms with van der Waals surface area (Å²) in [4.78, 5) is 45.8. The third-order valence-corrected chi connectivity index (χ3v) is 4.23. The highest BCUT2D eigenvalue weighted by atomic mass is 32.2. The molecule has 9 nitrogen and oxygen atoms in total. The van der Waals surface area contributed by atoms with Crippen LogP contribution in [0.5, 0.6) is 0 Å². The van der Waals surface area contributed by atoms with Gasteiger partial charge in [0.15, 0.2) is 0 Å². The summed E-state index contributed by atoms with van der Waals surface area (Å²) in [6.45, 7) is 1.52. The molecule has 0 bridgehead atoms. The third-order valence-electron chi connectivity index (χ3n) is 3.19. The molecule has 0 aliphatic carbocycles. The largest absolute Gasteiger partial charge is 0.481 e. The molecule has 2 amide bonds. The molecular formula is C14H17N3O6S. The number of primary amides is 1. The van der Waals surface area contributed by atoms with Crippen LogP contribution in [-0.2, 0) is 9.59 Å². The number of aliphatic carboxylic acids is 1. The van der Waals surface area contributed by atoms with Gasteiger partial charge in [-0.3, -0.25) is 24.5 Å². The van der Waals surface area contributed by atoms with Crippen molar-refractivity contribution in [2.24, 2.45) is 11.7 Å². The Morgan fingerprint density at radius 2 is 2.04 bits per heavy atom. The Morgan fingerprint density at radius 1 is 1.42 bits per heavy atom. The quantitative estimate of drug-likeness (QED) is 0.401. The number of nitro groups is 1. The second-order valence-corrected chi connectivity index (χ2v) is 6.12. The predicted octanol–water partition coefficient (Wildman–Crippen LogP) is 0.965. The van der Waals surface area contributed by atoms with Crippen LogP contribution in [0.4, 0.5) is 5.69 Å². The van der Waals surface area contributed by atoms with E-state index in [1.165, 1.54) is 31.0 Å². The molecule has 0 fully saturated rings. The smallest absolute Gasteiger partial charge is 0.308 e. The van der Waals surface area contributed by atoms with Crippen LogP contribution in [0.1, 0.15) is 17.3 Å². The first-order chi connectivity index (χ1) is 11.1. The van der Waals surface area contributed by atoms with Gasteiger partial charge in [0.1, 0.15) is 0 Å². The van der Waals surface area contributed by atoms with Crippen LogP contribution in [0.15, 0.2) is 23.1 Å². The van der Waals surface area contributed by atoms with Gasteiger partial charge < -0.3 is 15.7 Å². The average molecular weight is 355 g/mol. The van der Waals surface area contributed by atoms with Crippen molar-refractivity contribution in [2.45, 2.75) is 11.8 Å². The van der Waals surface area contributed by atoms with Crippen LogP contribution in [-0.4, -0.2) is 52.1 Å². The number of thioether (sulfide) groups is 1. The van der Waals surface area contributed by atoms with E-state index in [4.69, 9.17) is 10.8 Å². The summed E-state index contributed by atoms with van der Waals surface area (Å²) < 4.78 is 0. The maximum absolute atomic E-state index is 12.0. The predicted molar refractivity (Wildman–Crippen MR) is 86.8 cm³/mol. The zero-order valence-corrected chi connectivity index (χ0v) is 13.9.